The highest BCUT2D eigenvalue weighted by molar-refractivity contribution is 6.32. The number of piperidine rings is 1. The highest BCUT2D eigenvalue weighted by atomic mass is 35.5. The van der Waals surface area contributed by atoms with Crippen LogP contribution in [0.4, 0.5) is 17.6 Å². The van der Waals surface area contributed by atoms with Crippen LogP contribution < -0.4 is 4.74 Å². The maximum atomic E-state index is 13.1. The number of amides is 1. The fraction of sp³-hybridized carbons (Fsp3) is 0.350. The maximum absolute atomic E-state index is 13.1. The molecule has 164 valence electrons. The zero-order valence-electron chi connectivity index (χ0n) is 16.1. The van der Waals surface area contributed by atoms with Crippen LogP contribution in [0.25, 0.3) is 5.65 Å². The van der Waals surface area contributed by atoms with Crippen molar-refractivity contribution in [3.05, 3.63) is 58.8 Å². The van der Waals surface area contributed by atoms with E-state index >= 15 is 0 Å². The van der Waals surface area contributed by atoms with Crippen LogP contribution in [0.2, 0.25) is 5.02 Å². The van der Waals surface area contributed by atoms with Gasteiger partial charge in [0.15, 0.2) is 12.3 Å². The van der Waals surface area contributed by atoms with E-state index < -0.39 is 17.6 Å². The summed E-state index contributed by atoms with van der Waals surface area (Å²) in [6.45, 7) is 0.466. The van der Waals surface area contributed by atoms with Crippen molar-refractivity contribution in [1.82, 2.24) is 19.5 Å². The number of aromatic nitrogens is 3. The Labute approximate surface area is 179 Å². The number of nitrogens with zero attached hydrogens (tertiary/aromatic N) is 4. The molecule has 6 nitrogen and oxygen atoms in total. The van der Waals surface area contributed by atoms with Crippen molar-refractivity contribution >= 4 is 23.2 Å². The van der Waals surface area contributed by atoms with Gasteiger partial charge in [-0.25, -0.2) is 4.39 Å². The van der Waals surface area contributed by atoms with Gasteiger partial charge in [0.05, 0.1) is 10.6 Å². The molecule has 4 rings (SSSR count). The van der Waals surface area contributed by atoms with Gasteiger partial charge in [0, 0.05) is 25.2 Å². The van der Waals surface area contributed by atoms with Gasteiger partial charge in [-0.3, -0.25) is 9.20 Å². The minimum absolute atomic E-state index is 0.0553. The van der Waals surface area contributed by atoms with Crippen LogP contribution >= 0.6 is 11.6 Å². The molecule has 0 N–H and O–H groups in total. The molecular weight excluding hydrogens is 440 g/mol. The Kier molecular flexibility index (Phi) is 5.74. The molecule has 3 aromatic rings. The van der Waals surface area contributed by atoms with Crippen LogP contribution in [-0.4, -0.2) is 45.1 Å². The van der Waals surface area contributed by atoms with Crippen LogP contribution in [0.3, 0.4) is 0 Å². The molecular formula is C20H17ClF4N4O2. The largest absolute Gasteiger partial charge is 0.482 e. The van der Waals surface area contributed by atoms with E-state index in [4.69, 9.17) is 16.3 Å². The molecule has 1 amide bonds. The average molecular weight is 457 g/mol. The average Bonchev–Trinajstić information content (AvgIpc) is 3.16. The first kappa shape index (κ1) is 21.4. The van der Waals surface area contributed by atoms with Crippen molar-refractivity contribution in [1.29, 1.82) is 0 Å². The van der Waals surface area contributed by atoms with E-state index in [-0.39, 0.29) is 35.7 Å². The number of ether oxygens (including phenoxy) is 1. The lowest BCUT2D eigenvalue weighted by Crippen LogP contribution is -2.42. The summed E-state index contributed by atoms with van der Waals surface area (Å²) < 4.78 is 59.1. The van der Waals surface area contributed by atoms with Gasteiger partial charge in [-0.1, -0.05) is 11.6 Å². The molecule has 1 saturated heterocycles. The summed E-state index contributed by atoms with van der Waals surface area (Å²) in [7, 11) is 0. The summed E-state index contributed by atoms with van der Waals surface area (Å²) in [6.07, 6.45) is -2.19. The van der Waals surface area contributed by atoms with Gasteiger partial charge in [-0.2, -0.15) is 13.2 Å². The van der Waals surface area contributed by atoms with Gasteiger partial charge in [0.25, 0.3) is 5.91 Å². The minimum Gasteiger partial charge on any atom is -0.482 e. The van der Waals surface area contributed by atoms with E-state index in [0.29, 0.717) is 30.9 Å². The lowest BCUT2D eigenvalue weighted by Gasteiger charge is -2.32. The van der Waals surface area contributed by atoms with Crippen LogP contribution in [0.15, 0.2) is 36.5 Å². The Bertz CT molecular complexity index is 1120. The van der Waals surface area contributed by atoms with Crippen molar-refractivity contribution in [2.45, 2.75) is 24.9 Å². The minimum atomic E-state index is -4.48. The quantitative estimate of drug-likeness (QED) is 0.548. The third-order valence-corrected chi connectivity index (χ3v) is 5.44. The number of rotatable bonds is 4. The number of alkyl halides is 3. The van der Waals surface area contributed by atoms with Gasteiger partial charge >= 0.3 is 6.18 Å². The summed E-state index contributed by atoms with van der Waals surface area (Å²) in [5, 5.41) is 8.08. The molecule has 11 heteroatoms. The summed E-state index contributed by atoms with van der Waals surface area (Å²) in [5.74, 6) is -0.536. The van der Waals surface area contributed by atoms with E-state index in [1.165, 1.54) is 22.6 Å². The smallest absolute Gasteiger partial charge is 0.417 e. The number of halogens is 5. The number of carbonyl (C=O) groups is 1. The van der Waals surface area contributed by atoms with E-state index in [9.17, 15) is 22.4 Å². The zero-order chi connectivity index (χ0) is 22.2. The molecule has 0 radical (unpaired) electrons. The number of likely N-dealkylation sites (tertiary alicyclic amines) is 1. The predicted octanol–water partition coefficient (Wildman–Crippen LogP) is 4.33. The molecule has 1 fully saturated rings. The first-order valence-corrected chi connectivity index (χ1v) is 9.87. The Balaban J connectivity index is 1.47. The van der Waals surface area contributed by atoms with Gasteiger partial charge in [0.2, 0.25) is 0 Å². The third-order valence-electron chi connectivity index (χ3n) is 5.14. The van der Waals surface area contributed by atoms with E-state index in [1.54, 1.807) is 4.90 Å². The molecule has 2 aromatic heterocycles. The topological polar surface area (TPSA) is 59.7 Å². The zero-order valence-corrected chi connectivity index (χ0v) is 16.8. The molecule has 0 saturated carbocycles. The number of hydrogen-bond donors (Lipinski definition) is 0. The van der Waals surface area contributed by atoms with Gasteiger partial charge < -0.3 is 9.64 Å². The monoisotopic (exact) mass is 456 g/mol. The highest BCUT2D eigenvalue weighted by Gasteiger charge is 2.33. The molecule has 1 aliphatic rings. The summed E-state index contributed by atoms with van der Waals surface area (Å²) in [5.41, 5.74) is -0.491. The van der Waals surface area contributed by atoms with Crippen LogP contribution in [-0.2, 0) is 11.0 Å². The number of fused-ring (bicyclic) bond motifs is 1. The van der Waals surface area contributed by atoms with Crippen molar-refractivity contribution in [2.24, 2.45) is 0 Å². The number of benzene rings is 1. The number of hydrogen-bond acceptors (Lipinski definition) is 4. The Morgan fingerprint density at radius 1 is 1.23 bits per heavy atom. The highest BCUT2D eigenvalue weighted by Crippen LogP contribution is 2.31. The molecule has 31 heavy (non-hydrogen) atoms. The normalized spacial score (nSPS) is 17.2. The van der Waals surface area contributed by atoms with Gasteiger partial charge in [-0.15, -0.1) is 10.2 Å². The summed E-state index contributed by atoms with van der Waals surface area (Å²) in [4.78, 5) is 14.2. The van der Waals surface area contributed by atoms with Crippen LogP contribution in [0, 0.1) is 5.82 Å². The molecule has 0 aliphatic carbocycles. The Morgan fingerprint density at radius 2 is 2.03 bits per heavy atom. The SMILES string of the molecule is O=C(COc1ccc(F)cc1Cl)N1CCC[C@@H](c2nnc3ccc(C(F)(F)F)cn23)C1. The molecule has 0 bridgehead atoms. The van der Waals surface area contributed by atoms with E-state index in [2.05, 4.69) is 10.2 Å². The van der Waals surface area contributed by atoms with E-state index in [0.717, 1.165) is 18.3 Å². The Morgan fingerprint density at radius 3 is 2.77 bits per heavy atom. The van der Waals surface area contributed by atoms with Crippen LogP contribution in [0.5, 0.6) is 5.75 Å². The second-order valence-corrected chi connectivity index (χ2v) is 7.65. The summed E-state index contributed by atoms with van der Waals surface area (Å²) in [6, 6.07) is 5.83. The fourth-order valence-electron chi connectivity index (χ4n) is 3.59. The fourth-order valence-corrected chi connectivity index (χ4v) is 3.81. The van der Waals surface area contributed by atoms with Crippen molar-refractivity contribution in [2.75, 3.05) is 19.7 Å². The van der Waals surface area contributed by atoms with E-state index in [1.807, 2.05) is 0 Å². The van der Waals surface area contributed by atoms with Crippen molar-refractivity contribution in [3.8, 4) is 5.75 Å². The standard InChI is InChI=1S/C20H17ClF4N4O2/c21-15-8-14(22)4-5-16(15)31-11-18(30)28-7-1-2-12(9-28)19-27-26-17-6-3-13(10-29(17)19)20(23,24)25/h3-6,8,10,12H,1-2,7,9,11H2/t12-/m1/s1. The van der Waals surface area contributed by atoms with Crippen molar-refractivity contribution < 1.29 is 27.1 Å². The summed E-state index contributed by atoms with van der Waals surface area (Å²) >= 11 is 5.90. The second-order valence-electron chi connectivity index (χ2n) is 7.24. The second kappa shape index (κ2) is 8.33. The third kappa shape index (κ3) is 4.58. The molecule has 1 aromatic carbocycles. The molecule has 0 spiro atoms. The lowest BCUT2D eigenvalue weighted by atomic mass is 9.97. The maximum Gasteiger partial charge on any atom is 0.417 e. The lowest BCUT2D eigenvalue weighted by molar-refractivity contribution is -0.138. The van der Waals surface area contributed by atoms with Gasteiger partial charge in [-0.05, 0) is 43.2 Å². The first-order valence-electron chi connectivity index (χ1n) is 9.50. The van der Waals surface area contributed by atoms with Gasteiger partial charge in [0.1, 0.15) is 17.4 Å². The van der Waals surface area contributed by atoms with Crippen molar-refractivity contribution in [3.63, 3.8) is 0 Å². The number of pyridine rings is 1. The molecule has 0 unspecified atom stereocenters. The van der Waals surface area contributed by atoms with Crippen LogP contribution in [0.1, 0.15) is 30.1 Å². The number of carbonyl (C=O) groups excluding carboxylic acids is 1. The predicted molar refractivity (Wildman–Crippen MR) is 103 cm³/mol. The Hall–Kier alpha value is -2.88. The molecule has 1 atom stereocenters. The molecule has 1 aliphatic heterocycles. The molecule has 3 heterocycles. The first-order chi connectivity index (χ1) is 14.7.